The first kappa shape index (κ1) is 16.7. The van der Waals surface area contributed by atoms with Crippen LogP contribution in [0.2, 0.25) is 0 Å². The second-order valence-corrected chi connectivity index (χ2v) is 6.48. The van der Waals surface area contributed by atoms with Crippen molar-refractivity contribution < 1.29 is 4.39 Å². The minimum absolute atomic E-state index is 0.195. The van der Waals surface area contributed by atoms with Crippen molar-refractivity contribution in [1.82, 2.24) is 10.2 Å². The summed E-state index contributed by atoms with van der Waals surface area (Å²) in [4.78, 5) is 4.46. The lowest BCUT2D eigenvalue weighted by Crippen LogP contribution is -2.51. The first-order chi connectivity index (χ1) is 11.6. The Morgan fingerprint density at radius 2 is 1.62 bits per heavy atom. The standard InChI is InChI=1S/C19H22FN3S/c1-15-2-4-16(5-3-15)14-21-19(24)23-12-10-22(11-13-23)18-8-6-17(20)7-9-18/h2-9H,10-14H2,1H3,(H,21,24). The van der Waals surface area contributed by atoms with E-state index in [9.17, 15) is 4.39 Å². The zero-order valence-electron chi connectivity index (χ0n) is 13.8. The van der Waals surface area contributed by atoms with Gasteiger partial charge in [-0.1, -0.05) is 29.8 Å². The fraction of sp³-hybridized carbons (Fsp3) is 0.316. The molecule has 2 aromatic rings. The SMILES string of the molecule is Cc1ccc(CNC(=S)N2CCN(c3ccc(F)cc3)CC2)cc1. The fourth-order valence-electron chi connectivity index (χ4n) is 2.82. The van der Waals surface area contributed by atoms with E-state index in [0.717, 1.165) is 43.5 Å². The molecule has 1 saturated heterocycles. The van der Waals surface area contributed by atoms with Crippen molar-refractivity contribution in [3.05, 3.63) is 65.5 Å². The highest BCUT2D eigenvalue weighted by molar-refractivity contribution is 7.80. The monoisotopic (exact) mass is 343 g/mol. The number of aryl methyl sites for hydroxylation is 1. The maximum atomic E-state index is 13.0. The first-order valence-electron chi connectivity index (χ1n) is 8.21. The van der Waals surface area contributed by atoms with Crippen LogP contribution in [0.3, 0.4) is 0 Å². The summed E-state index contributed by atoms with van der Waals surface area (Å²) in [5.41, 5.74) is 3.56. The van der Waals surface area contributed by atoms with Gasteiger partial charge in [0.05, 0.1) is 0 Å². The van der Waals surface area contributed by atoms with E-state index in [-0.39, 0.29) is 5.82 Å². The molecule has 0 saturated carbocycles. The Morgan fingerprint density at radius 3 is 2.25 bits per heavy atom. The van der Waals surface area contributed by atoms with E-state index in [4.69, 9.17) is 12.2 Å². The van der Waals surface area contributed by atoms with Crippen molar-refractivity contribution in [1.29, 1.82) is 0 Å². The van der Waals surface area contributed by atoms with Crippen LogP contribution in [0.25, 0.3) is 0 Å². The van der Waals surface area contributed by atoms with Crippen molar-refractivity contribution in [3.63, 3.8) is 0 Å². The van der Waals surface area contributed by atoms with Gasteiger partial charge in [-0.2, -0.15) is 0 Å². The maximum absolute atomic E-state index is 13.0. The molecular formula is C19H22FN3S. The fourth-order valence-corrected chi connectivity index (χ4v) is 3.07. The largest absolute Gasteiger partial charge is 0.368 e. The molecule has 0 aliphatic carbocycles. The predicted molar refractivity (Wildman–Crippen MR) is 101 cm³/mol. The second kappa shape index (κ2) is 7.62. The van der Waals surface area contributed by atoms with Gasteiger partial charge in [0.1, 0.15) is 5.82 Å². The number of rotatable bonds is 3. The van der Waals surface area contributed by atoms with E-state index >= 15 is 0 Å². The number of anilines is 1. The molecule has 0 aromatic heterocycles. The Hall–Kier alpha value is -2.14. The van der Waals surface area contributed by atoms with Crippen molar-refractivity contribution in [2.75, 3.05) is 31.1 Å². The molecule has 3 rings (SSSR count). The minimum Gasteiger partial charge on any atom is -0.368 e. The number of thiocarbonyl (C=S) groups is 1. The molecule has 5 heteroatoms. The molecule has 0 bridgehead atoms. The topological polar surface area (TPSA) is 18.5 Å². The van der Waals surface area contributed by atoms with Gasteiger partial charge in [-0.25, -0.2) is 4.39 Å². The Balaban J connectivity index is 1.48. The van der Waals surface area contributed by atoms with Crippen LogP contribution < -0.4 is 10.2 Å². The number of halogens is 1. The normalized spacial score (nSPS) is 14.6. The molecule has 3 nitrogen and oxygen atoms in total. The highest BCUT2D eigenvalue weighted by atomic mass is 32.1. The van der Waals surface area contributed by atoms with Gasteiger partial charge in [-0.05, 0) is 49.0 Å². The van der Waals surface area contributed by atoms with Gasteiger partial charge in [-0.3, -0.25) is 0 Å². The van der Waals surface area contributed by atoms with Crippen molar-refractivity contribution in [3.8, 4) is 0 Å². The molecule has 126 valence electrons. The summed E-state index contributed by atoms with van der Waals surface area (Å²) in [6, 6.07) is 15.2. The summed E-state index contributed by atoms with van der Waals surface area (Å²) < 4.78 is 13.0. The van der Waals surface area contributed by atoms with Gasteiger partial charge in [0.15, 0.2) is 5.11 Å². The van der Waals surface area contributed by atoms with Crippen LogP contribution in [0.1, 0.15) is 11.1 Å². The molecule has 1 N–H and O–H groups in total. The summed E-state index contributed by atoms with van der Waals surface area (Å²) in [6.45, 7) is 6.35. The van der Waals surface area contributed by atoms with Crippen LogP contribution in [0.15, 0.2) is 48.5 Å². The average molecular weight is 343 g/mol. The van der Waals surface area contributed by atoms with E-state index in [1.807, 2.05) is 12.1 Å². The zero-order valence-corrected chi connectivity index (χ0v) is 14.7. The average Bonchev–Trinajstić information content (AvgIpc) is 2.62. The van der Waals surface area contributed by atoms with Crippen molar-refractivity contribution in [2.24, 2.45) is 0 Å². The highest BCUT2D eigenvalue weighted by Gasteiger charge is 2.19. The molecule has 1 aliphatic rings. The summed E-state index contributed by atoms with van der Waals surface area (Å²) in [5, 5.41) is 4.14. The summed E-state index contributed by atoms with van der Waals surface area (Å²) in [5.74, 6) is -0.195. The lowest BCUT2D eigenvalue weighted by Gasteiger charge is -2.37. The third-order valence-corrected chi connectivity index (χ3v) is 4.73. The third-order valence-electron chi connectivity index (χ3n) is 4.32. The number of benzene rings is 2. The van der Waals surface area contributed by atoms with Gasteiger partial charge >= 0.3 is 0 Å². The summed E-state index contributed by atoms with van der Waals surface area (Å²) in [7, 11) is 0. The van der Waals surface area contributed by atoms with Crippen LogP contribution >= 0.6 is 12.2 Å². The second-order valence-electron chi connectivity index (χ2n) is 6.09. The molecule has 0 atom stereocenters. The van der Waals surface area contributed by atoms with E-state index < -0.39 is 0 Å². The molecule has 24 heavy (non-hydrogen) atoms. The smallest absolute Gasteiger partial charge is 0.169 e. The van der Waals surface area contributed by atoms with Crippen LogP contribution in [0.4, 0.5) is 10.1 Å². The molecule has 0 radical (unpaired) electrons. The van der Waals surface area contributed by atoms with Gasteiger partial charge in [0, 0.05) is 38.4 Å². The highest BCUT2D eigenvalue weighted by Crippen LogP contribution is 2.17. The molecule has 1 aliphatic heterocycles. The van der Waals surface area contributed by atoms with Gasteiger partial charge in [-0.15, -0.1) is 0 Å². The first-order valence-corrected chi connectivity index (χ1v) is 8.61. The lowest BCUT2D eigenvalue weighted by atomic mass is 10.1. The van der Waals surface area contributed by atoms with E-state index in [1.54, 1.807) is 0 Å². The lowest BCUT2D eigenvalue weighted by molar-refractivity contribution is 0.380. The number of piperazine rings is 1. The quantitative estimate of drug-likeness (QED) is 0.862. The number of nitrogens with zero attached hydrogens (tertiary/aromatic N) is 2. The van der Waals surface area contributed by atoms with Crippen molar-refractivity contribution >= 4 is 23.0 Å². The van der Waals surface area contributed by atoms with Crippen molar-refractivity contribution in [2.45, 2.75) is 13.5 Å². The third kappa shape index (κ3) is 4.23. The van der Waals surface area contributed by atoms with Crippen LogP contribution in [-0.4, -0.2) is 36.2 Å². The van der Waals surface area contributed by atoms with Crippen LogP contribution in [0.5, 0.6) is 0 Å². The zero-order chi connectivity index (χ0) is 16.9. The van der Waals surface area contributed by atoms with Crippen LogP contribution in [0, 0.1) is 12.7 Å². The molecular weight excluding hydrogens is 321 g/mol. The van der Waals surface area contributed by atoms with Crippen LogP contribution in [-0.2, 0) is 6.54 Å². The number of nitrogens with one attached hydrogen (secondary N) is 1. The molecule has 0 spiro atoms. The molecule has 1 fully saturated rings. The predicted octanol–water partition coefficient (Wildman–Crippen LogP) is 3.33. The summed E-state index contributed by atoms with van der Waals surface area (Å²) in [6.07, 6.45) is 0. The van der Waals surface area contributed by atoms with Gasteiger partial charge in [0.25, 0.3) is 0 Å². The summed E-state index contributed by atoms with van der Waals surface area (Å²) >= 11 is 5.52. The molecule has 1 heterocycles. The molecule has 0 unspecified atom stereocenters. The Kier molecular flexibility index (Phi) is 5.30. The molecule has 2 aromatic carbocycles. The van der Waals surface area contributed by atoms with E-state index in [1.165, 1.54) is 23.3 Å². The minimum atomic E-state index is -0.195. The Labute approximate surface area is 148 Å². The van der Waals surface area contributed by atoms with Gasteiger partial charge in [0.2, 0.25) is 0 Å². The Bertz CT molecular complexity index is 677. The van der Waals surface area contributed by atoms with E-state index in [0.29, 0.717) is 0 Å². The number of hydrogen-bond donors (Lipinski definition) is 1. The van der Waals surface area contributed by atoms with Gasteiger partial charge < -0.3 is 15.1 Å². The maximum Gasteiger partial charge on any atom is 0.169 e. The number of hydrogen-bond acceptors (Lipinski definition) is 2. The van der Waals surface area contributed by atoms with E-state index in [2.05, 4.69) is 46.3 Å². The molecule has 0 amide bonds. The Morgan fingerprint density at radius 1 is 1.00 bits per heavy atom.